The van der Waals surface area contributed by atoms with Gasteiger partial charge >= 0.3 is 5.97 Å². The fraction of sp³-hybridized carbons (Fsp3) is 0.214. The Hall–Kier alpha value is -2.43. The van der Waals surface area contributed by atoms with Crippen molar-refractivity contribution in [2.24, 2.45) is 0 Å². The molecule has 5 nitrogen and oxygen atoms in total. The van der Waals surface area contributed by atoms with Crippen molar-refractivity contribution in [3.8, 4) is 17.0 Å². The van der Waals surface area contributed by atoms with Gasteiger partial charge in [-0.25, -0.2) is 14.8 Å². The molecule has 0 saturated carbocycles. The van der Waals surface area contributed by atoms with E-state index < -0.39 is 5.97 Å². The molecule has 2 rings (SSSR count). The van der Waals surface area contributed by atoms with Gasteiger partial charge in [-0.05, 0) is 43.2 Å². The number of benzene rings is 1. The lowest BCUT2D eigenvalue weighted by molar-refractivity contribution is 0.0683. The van der Waals surface area contributed by atoms with Crippen LogP contribution in [0.25, 0.3) is 11.3 Å². The molecule has 1 heterocycles. The van der Waals surface area contributed by atoms with E-state index in [0.29, 0.717) is 5.69 Å². The highest BCUT2D eigenvalue weighted by Gasteiger charge is 2.12. The Balaban J connectivity index is 2.56. The average molecular weight is 258 g/mol. The van der Waals surface area contributed by atoms with Gasteiger partial charge in [0.05, 0.1) is 12.8 Å². The van der Waals surface area contributed by atoms with Crippen LogP contribution in [0.3, 0.4) is 0 Å². The molecule has 0 aliphatic carbocycles. The molecular formula is C14H14N2O3. The van der Waals surface area contributed by atoms with Crippen molar-refractivity contribution in [3.63, 3.8) is 0 Å². The molecule has 1 aromatic heterocycles. The maximum atomic E-state index is 10.9. The summed E-state index contributed by atoms with van der Waals surface area (Å²) in [6.45, 7) is 3.91. The minimum absolute atomic E-state index is 0.203. The lowest BCUT2D eigenvalue weighted by Crippen LogP contribution is -2.04. The van der Waals surface area contributed by atoms with Crippen LogP contribution in [0.2, 0.25) is 0 Å². The Kier molecular flexibility index (Phi) is 3.46. The summed E-state index contributed by atoms with van der Waals surface area (Å²) in [6, 6.07) is 5.41. The van der Waals surface area contributed by atoms with Crippen LogP contribution in [0.5, 0.6) is 5.75 Å². The third-order valence-corrected chi connectivity index (χ3v) is 3.08. The minimum atomic E-state index is -1.13. The molecule has 98 valence electrons. The Bertz CT molecular complexity index is 639. The Morgan fingerprint density at radius 2 is 1.95 bits per heavy atom. The largest absolute Gasteiger partial charge is 0.496 e. The average Bonchev–Trinajstić information content (AvgIpc) is 2.42. The standard InChI is InChI=1S/C14H14N2O3/c1-8-9(2)12(19-3)5-4-10(8)11-6-7-15-13(16-11)14(17)18/h4-7H,1-3H3,(H,17,18). The second kappa shape index (κ2) is 5.06. The van der Waals surface area contributed by atoms with Gasteiger partial charge < -0.3 is 9.84 Å². The molecule has 5 heteroatoms. The molecule has 0 spiro atoms. The van der Waals surface area contributed by atoms with E-state index in [4.69, 9.17) is 9.84 Å². The highest BCUT2D eigenvalue weighted by Crippen LogP contribution is 2.29. The van der Waals surface area contributed by atoms with Crippen molar-refractivity contribution in [1.82, 2.24) is 9.97 Å². The highest BCUT2D eigenvalue weighted by atomic mass is 16.5. The fourth-order valence-corrected chi connectivity index (χ4v) is 1.91. The number of aromatic carboxylic acids is 1. The number of hydrogen-bond acceptors (Lipinski definition) is 4. The first-order valence-corrected chi connectivity index (χ1v) is 5.75. The minimum Gasteiger partial charge on any atom is -0.496 e. The van der Waals surface area contributed by atoms with Crippen molar-refractivity contribution in [1.29, 1.82) is 0 Å². The van der Waals surface area contributed by atoms with Crippen molar-refractivity contribution < 1.29 is 14.6 Å². The first kappa shape index (κ1) is 13.0. The molecule has 0 aliphatic heterocycles. The second-order valence-corrected chi connectivity index (χ2v) is 4.14. The van der Waals surface area contributed by atoms with Crippen molar-refractivity contribution in [2.75, 3.05) is 7.11 Å². The van der Waals surface area contributed by atoms with Crippen LogP contribution in [-0.2, 0) is 0 Å². The summed E-state index contributed by atoms with van der Waals surface area (Å²) in [6.07, 6.45) is 1.45. The van der Waals surface area contributed by atoms with E-state index in [0.717, 1.165) is 22.4 Å². The molecule has 0 atom stereocenters. The number of methoxy groups -OCH3 is 1. The van der Waals surface area contributed by atoms with Crippen LogP contribution in [0, 0.1) is 13.8 Å². The highest BCUT2D eigenvalue weighted by molar-refractivity contribution is 5.84. The molecule has 2 aromatic rings. The lowest BCUT2D eigenvalue weighted by atomic mass is 10.00. The summed E-state index contributed by atoms with van der Waals surface area (Å²) in [5.74, 6) is -0.538. The predicted octanol–water partition coefficient (Wildman–Crippen LogP) is 2.47. The van der Waals surface area contributed by atoms with E-state index in [9.17, 15) is 4.79 Å². The molecule has 0 aliphatic rings. The van der Waals surface area contributed by atoms with Crippen LogP contribution >= 0.6 is 0 Å². The van der Waals surface area contributed by atoms with Crippen molar-refractivity contribution >= 4 is 5.97 Å². The summed E-state index contributed by atoms with van der Waals surface area (Å²) in [7, 11) is 1.62. The number of hydrogen-bond donors (Lipinski definition) is 1. The first-order chi connectivity index (χ1) is 9.04. The van der Waals surface area contributed by atoms with Gasteiger partial charge in [-0.2, -0.15) is 0 Å². The van der Waals surface area contributed by atoms with Crippen LogP contribution < -0.4 is 4.74 Å². The summed E-state index contributed by atoms with van der Waals surface area (Å²) >= 11 is 0. The topological polar surface area (TPSA) is 72.3 Å². The van der Waals surface area contributed by atoms with E-state index in [1.54, 1.807) is 13.2 Å². The zero-order chi connectivity index (χ0) is 14.0. The lowest BCUT2D eigenvalue weighted by Gasteiger charge is -2.12. The summed E-state index contributed by atoms with van der Waals surface area (Å²) in [5, 5.41) is 8.92. The van der Waals surface area contributed by atoms with Gasteiger partial charge in [0.2, 0.25) is 5.82 Å². The van der Waals surface area contributed by atoms with Gasteiger partial charge in [0.1, 0.15) is 5.75 Å². The molecule has 0 radical (unpaired) electrons. The molecule has 0 unspecified atom stereocenters. The maximum Gasteiger partial charge on any atom is 0.373 e. The van der Waals surface area contributed by atoms with Crippen LogP contribution in [0.1, 0.15) is 21.7 Å². The Labute approximate surface area is 110 Å². The van der Waals surface area contributed by atoms with Crippen LogP contribution in [0.4, 0.5) is 0 Å². The monoisotopic (exact) mass is 258 g/mol. The number of rotatable bonds is 3. The van der Waals surface area contributed by atoms with Gasteiger partial charge in [-0.15, -0.1) is 0 Å². The zero-order valence-electron chi connectivity index (χ0n) is 11.0. The van der Waals surface area contributed by atoms with Gasteiger partial charge in [0.15, 0.2) is 0 Å². The first-order valence-electron chi connectivity index (χ1n) is 5.75. The van der Waals surface area contributed by atoms with E-state index >= 15 is 0 Å². The number of carbonyl (C=O) groups is 1. The summed E-state index contributed by atoms with van der Waals surface area (Å²) in [5.41, 5.74) is 3.49. The van der Waals surface area contributed by atoms with E-state index in [1.807, 2.05) is 26.0 Å². The SMILES string of the molecule is COc1ccc(-c2ccnc(C(=O)O)n2)c(C)c1C. The smallest absolute Gasteiger partial charge is 0.373 e. The van der Waals surface area contributed by atoms with Crippen LogP contribution in [0.15, 0.2) is 24.4 Å². The number of carboxylic acid groups (broad SMARTS) is 1. The van der Waals surface area contributed by atoms with E-state index in [2.05, 4.69) is 9.97 Å². The number of ether oxygens (including phenoxy) is 1. The Morgan fingerprint density at radius 1 is 1.21 bits per heavy atom. The summed E-state index contributed by atoms with van der Waals surface area (Å²) in [4.78, 5) is 18.7. The summed E-state index contributed by atoms with van der Waals surface area (Å²) < 4.78 is 5.25. The van der Waals surface area contributed by atoms with Gasteiger partial charge in [0.25, 0.3) is 0 Å². The van der Waals surface area contributed by atoms with Crippen LogP contribution in [-0.4, -0.2) is 28.2 Å². The molecule has 19 heavy (non-hydrogen) atoms. The quantitative estimate of drug-likeness (QED) is 0.915. The molecule has 0 bridgehead atoms. The maximum absolute atomic E-state index is 10.9. The molecular weight excluding hydrogens is 244 g/mol. The van der Waals surface area contributed by atoms with E-state index in [-0.39, 0.29) is 5.82 Å². The molecule has 0 amide bonds. The fourth-order valence-electron chi connectivity index (χ4n) is 1.91. The molecule has 0 saturated heterocycles. The number of carboxylic acids is 1. The number of aromatic nitrogens is 2. The predicted molar refractivity (Wildman–Crippen MR) is 70.5 cm³/mol. The third kappa shape index (κ3) is 2.40. The molecule has 1 N–H and O–H groups in total. The third-order valence-electron chi connectivity index (χ3n) is 3.08. The van der Waals surface area contributed by atoms with Gasteiger partial charge in [-0.1, -0.05) is 0 Å². The van der Waals surface area contributed by atoms with Crippen molar-refractivity contribution in [2.45, 2.75) is 13.8 Å². The zero-order valence-corrected chi connectivity index (χ0v) is 11.0. The Morgan fingerprint density at radius 3 is 2.58 bits per heavy atom. The van der Waals surface area contributed by atoms with Crippen molar-refractivity contribution in [3.05, 3.63) is 41.3 Å². The molecule has 1 aromatic carbocycles. The van der Waals surface area contributed by atoms with Gasteiger partial charge in [0, 0.05) is 11.8 Å². The number of nitrogens with zero attached hydrogens (tertiary/aromatic N) is 2. The van der Waals surface area contributed by atoms with E-state index in [1.165, 1.54) is 6.20 Å². The normalized spacial score (nSPS) is 10.3. The van der Waals surface area contributed by atoms with Gasteiger partial charge in [-0.3, -0.25) is 0 Å². The molecule has 0 fully saturated rings. The second-order valence-electron chi connectivity index (χ2n) is 4.14.